The van der Waals surface area contributed by atoms with E-state index in [9.17, 15) is 8.42 Å². The van der Waals surface area contributed by atoms with Crippen molar-refractivity contribution in [2.24, 2.45) is 4.99 Å². The van der Waals surface area contributed by atoms with E-state index in [2.05, 4.69) is 15.6 Å². The lowest BCUT2D eigenvalue weighted by molar-refractivity contribution is 0.599. The third kappa shape index (κ3) is 6.29. The second-order valence-corrected chi connectivity index (χ2v) is 8.73. The number of hydrogen-bond donors (Lipinski definition) is 2. The van der Waals surface area contributed by atoms with E-state index < -0.39 is 9.84 Å². The minimum Gasteiger partial charge on any atom is -0.356 e. The van der Waals surface area contributed by atoms with Crippen LogP contribution < -0.4 is 10.6 Å². The Bertz CT molecular complexity index is 589. The monoisotopic (exact) mass is 463 g/mol. The minimum absolute atomic E-state index is 0. The molecule has 5 nitrogen and oxygen atoms in total. The van der Waals surface area contributed by atoms with E-state index in [-0.39, 0.29) is 41.5 Å². The van der Waals surface area contributed by atoms with Crippen molar-refractivity contribution in [3.63, 3.8) is 0 Å². The summed E-state index contributed by atoms with van der Waals surface area (Å²) in [5.74, 6) is 1.10. The van der Waals surface area contributed by atoms with Gasteiger partial charge in [-0.2, -0.15) is 0 Å². The van der Waals surface area contributed by atoms with Crippen LogP contribution in [0.3, 0.4) is 0 Å². The molecule has 1 aliphatic heterocycles. The molecule has 120 valence electrons. The molecule has 1 aliphatic rings. The van der Waals surface area contributed by atoms with Crippen LogP contribution >= 0.6 is 46.9 Å². The molecule has 1 unspecified atom stereocenters. The summed E-state index contributed by atoms with van der Waals surface area (Å²) in [6, 6.07) is 3.86. The molecule has 0 radical (unpaired) electrons. The largest absolute Gasteiger partial charge is 0.356 e. The van der Waals surface area contributed by atoms with Crippen LogP contribution in [0.15, 0.2) is 17.1 Å². The zero-order valence-corrected chi connectivity index (χ0v) is 16.4. The summed E-state index contributed by atoms with van der Waals surface area (Å²) in [7, 11) is -1.19. The molecule has 21 heavy (non-hydrogen) atoms. The highest BCUT2D eigenvalue weighted by molar-refractivity contribution is 14.0. The van der Waals surface area contributed by atoms with Gasteiger partial charge in [0, 0.05) is 24.5 Å². The molecule has 0 spiro atoms. The lowest BCUT2D eigenvalue weighted by Crippen LogP contribution is -2.44. The smallest absolute Gasteiger partial charge is 0.191 e. The summed E-state index contributed by atoms with van der Waals surface area (Å²) >= 11 is 7.44. The fraction of sp³-hybridized carbons (Fsp3) is 0.583. The van der Waals surface area contributed by atoms with Crippen molar-refractivity contribution in [1.82, 2.24) is 10.6 Å². The van der Waals surface area contributed by atoms with Gasteiger partial charge in [-0.25, -0.2) is 8.42 Å². The Hall–Kier alpha value is -0.0600. The molecule has 1 atom stereocenters. The molecule has 1 aromatic rings. The van der Waals surface area contributed by atoms with Gasteiger partial charge in [-0.1, -0.05) is 11.6 Å². The van der Waals surface area contributed by atoms with Crippen molar-refractivity contribution in [1.29, 1.82) is 0 Å². The van der Waals surface area contributed by atoms with Crippen LogP contribution in [0.4, 0.5) is 0 Å². The van der Waals surface area contributed by atoms with Gasteiger partial charge < -0.3 is 10.6 Å². The maximum absolute atomic E-state index is 11.4. The fourth-order valence-electron chi connectivity index (χ4n) is 2.09. The first-order chi connectivity index (χ1) is 9.48. The third-order valence-corrected chi connectivity index (χ3v) is 6.15. The number of guanidine groups is 1. The summed E-state index contributed by atoms with van der Waals surface area (Å²) in [6.07, 6.45) is 1.50. The van der Waals surface area contributed by atoms with Crippen LogP contribution in [-0.4, -0.2) is 45.5 Å². The van der Waals surface area contributed by atoms with E-state index in [1.807, 2.05) is 12.1 Å². The van der Waals surface area contributed by atoms with E-state index in [0.29, 0.717) is 12.4 Å². The molecule has 1 aromatic heterocycles. The summed E-state index contributed by atoms with van der Waals surface area (Å²) in [6.45, 7) is 0.732. The standard InChI is InChI=1S/C12H18ClN3O2S2.HI/c1-14-12(16-9-5-7-20(17,18)8-9)15-6-4-10-2-3-11(13)19-10;/h2-3,9H,4-8H2,1H3,(H2,14,15,16);1H. The van der Waals surface area contributed by atoms with Crippen molar-refractivity contribution in [3.8, 4) is 0 Å². The van der Waals surface area contributed by atoms with Crippen LogP contribution in [0.5, 0.6) is 0 Å². The molecule has 1 saturated heterocycles. The number of sulfone groups is 1. The van der Waals surface area contributed by atoms with Crippen LogP contribution in [0, 0.1) is 0 Å². The Morgan fingerprint density at radius 1 is 1.52 bits per heavy atom. The third-order valence-electron chi connectivity index (χ3n) is 3.09. The molecule has 0 bridgehead atoms. The Morgan fingerprint density at radius 2 is 2.29 bits per heavy atom. The number of aliphatic imine (C=N–C) groups is 1. The van der Waals surface area contributed by atoms with Crippen molar-refractivity contribution in [2.75, 3.05) is 25.1 Å². The SMILES string of the molecule is CN=C(NCCc1ccc(Cl)s1)NC1CCS(=O)(=O)C1.I. The molecule has 2 heterocycles. The average Bonchev–Trinajstić information content (AvgIpc) is 2.94. The molecular formula is C12H19ClIN3O2S2. The van der Waals surface area contributed by atoms with Gasteiger partial charge >= 0.3 is 0 Å². The highest BCUT2D eigenvalue weighted by atomic mass is 127. The molecular weight excluding hydrogens is 445 g/mol. The Labute approximate surface area is 151 Å². The number of nitrogens with zero attached hydrogens (tertiary/aromatic N) is 1. The van der Waals surface area contributed by atoms with Crippen LogP contribution in [-0.2, 0) is 16.3 Å². The van der Waals surface area contributed by atoms with E-state index in [1.165, 1.54) is 4.88 Å². The van der Waals surface area contributed by atoms with E-state index in [1.54, 1.807) is 18.4 Å². The zero-order valence-electron chi connectivity index (χ0n) is 11.6. The van der Waals surface area contributed by atoms with Gasteiger partial charge in [0.05, 0.1) is 15.8 Å². The van der Waals surface area contributed by atoms with Crippen LogP contribution in [0.25, 0.3) is 0 Å². The van der Waals surface area contributed by atoms with Gasteiger partial charge in [0.2, 0.25) is 0 Å². The number of thiophene rings is 1. The molecule has 0 saturated carbocycles. The first-order valence-corrected chi connectivity index (χ1v) is 9.42. The van der Waals surface area contributed by atoms with Gasteiger partial charge in [-0.05, 0) is 25.0 Å². The van der Waals surface area contributed by atoms with Gasteiger partial charge in [-0.3, -0.25) is 4.99 Å². The molecule has 2 N–H and O–H groups in total. The number of nitrogens with one attached hydrogen (secondary N) is 2. The van der Waals surface area contributed by atoms with Crippen molar-refractivity contribution < 1.29 is 8.42 Å². The summed E-state index contributed by atoms with van der Waals surface area (Å²) in [5, 5.41) is 6.34. The van der Waals surface area contributed by atoms with Crippen molar-refractivity contribution in [3.05, 3.63) is 21.3 Å². The first kappa shape index (κ1) is 19.0. The van der Waals surface area contributed by atoms with Gasteiger partial charge in [0.25, 0.3) is 0 Å². The maximum Gasteiger partial charge on any atom is 0.191 e. The van der Waals surface area contributed by atoms with Gasteiger partial charge in [0.1, 0.15) is 0 Å². The lowest BCUT2D eigenvalue weighted by Gasteiger charge is -2.15. The number of rotatable bonds is 4. The van der Waals surface area contributed by atoms with E-state index in [4.69, 9.17) is 11.6 Å². The summed E-state index contributed by atoms with van der Waals surface area (Å²) in [5.41, 5.74) is 0. The molecule has 0 aromatic carbocycles. The van der Waals surface area contributed by atoms with Crippen LogP contribution in [0.1, 0.15) is 11.3 Å². The highest BCUT2D eigenvalue weighted by Crippen LogP contribution is 2.21. The van der Waals surface area contributed by atoms with Gasteiger partial charge in [-0.15, -0.1) is 35.3 Å². The van der Waals surface area contributed by atoms with E-state index in [0.717, 1.165) is 17.3 Å². The fourth-order valence-corrected chi connectivity index (χ4v) is 4.85. The van der Waals surface area contributed by atoms with Gasteiger partial charge in [0.15, 0.2) is 15.8 Å². The summed E-state index contributed by atoms with van der Waals surface area (Å²) in [4.78, 5) is 5.32. The second-order valence-electron chi connectivity index (χ2n) is 4.70. The Balaban J connectivity index is 0.00000220. The van der Waals surface area contributed by atoms with Crippen LogP contribution in [0.2, 0.25) is 4.34 Å². The number of hydrogen-bond acceptors (Lipinski definition) is 4. The molecule has 9 heteroatoms. The molecule has 0 aliphatic carbocycles. The summed E-state index contributed by atoms with van der Waals surface area (Å²) < 4.78 is 23.6. The predicted molar refractivity (Wildman–Crippen MR) is 100 cm³/mol. The Kier molecular flexibility index (Phi) is 7.72. The van der Waals surface area contributed by atoms with E-state index >= 15 is 0 Å². The first-order valence-electron chi connectivity index (χ1n) is 6.40. The average molecular weight is 464 g/mol. The molecule has 0 amide bonds. The molecule has 2 rings (SSSR count). The van der Waals surface area contributed by atoms with Crippen molar-refractivity contribution >= 4 is 62.7 Å². The molecule has 1 fully saturated rings. The minimum atomic E-state index is -2.87. The number of halogens is 2. The quantitative estimate of drug-likeness (QED) is 0.407. The maximum atomic E-state index is 11.4. The van der Waals surface area contributed by atoms with Crippen molar-refractivity contribution in [2.45, 2.75) is 18.9 Å². The topological polar surface area (TPSA) is 70.6 Å². The second kappa shape index (κ2) is 8.54. The highest BCUT2D eigenvalue weighted by Gasteiger charge is 2.28. The normalized spacial score (nSPS) is 20.9. The lowest BCUT2D eigenvalue weighted by atomic mass is 10.3. The predicted octanol–water partition coefficient (Wildman–Crippen LogP) is 1.91. The Morgan fingerprint density at radius 3 is 2.81 bits per heavy atom. The zero-order chi connectivity index (χ0) is 14.6.